The van der Waals surface area contributed by atoms with Crippen molar-refractivity contribution >= 4 is 22.6 Å². The van der Waals surface area contributed by atoms with Crippen molar-refractivity contribution < 1.29 is 4.79 Å². The fraction of sp³-hybridized carbons (Fsp3) is 0.130. The van der Waals surface area contributed by atoms with Gasteiger partial charge in [0.2, 0.25) is 5.91 Å². The molecule has 0 atom stereocenters. The molecule has 29 heavy (non-hydrogen) atoms. The maximum atomic E-state index is 12.7. The van der Waals surface area contributed by atoms with E-state index in [1.165, 1.54) is 0 Å². The van der Waals surface area contributed by atoms with Crippen LogP contribution in [0.2, 0.25) is 0 Å². The molecule has 0 fully saturated rings. The van der Waals surface area contributed by atoms with Crippen molar-refractivity contribution in [3.05, 3.63) is 100 Å². The maximum Gasteiger partial charge on any atom is 0.323 e. The van der Waals surface area contributed by atoms with Gasteiger partial charge in [0.15, 0.2) is 0 Å². The molecule has 0 spiro atoms. The van der Waals surface area contributed by atoms with Gasteiger partial charge in [0.05, 0.1) is 17.6 Å². The Kier molecular flexibility index (Phi) is 5.54. The number of hydrogen-bond donors (Lipinski definition) is 3. The van der Waals surface area contributed by atoms with Gasteiger partial charge in [-0.25, -0.2) is 4.79 Å². The van der Waals surface area contributed by atoms with Crippen LogP contribution in [0, 0.1) is 0 Å². The molecule has 6 heteroatoms. The summed E-state index contributed by atoms with van der Waals surface area (Å²) in [6, 6.07) is 25.5. The third kappa shape index (κ3) is 5.00. The van der Waals surface area contributed by atoms with E-state index in [-0.39, 0.29) is 18.1 Å². The number of H-pyrrole nitrogens is 2. The lowest BCUT2D eigenvalue weighted by Gasteiger charge is -2.22. The molecule has 0 aliphatic rings. The maximum absolute atomic E-state index is 12.7. The fourth-order valence-corrected chi connectivity index (χ4v) is 3.36. The van der Waals surface area contributed by atoms with E-state index in [4.69, 9.17) is 0 Å². The van der Waals surface area contributed by atoms with Gasteiger partial charge >= 0.3 is 5.69 Å². The van der Waals surface area contributed by atoms with Gasteiger partial charge in [-0.2, -0.15) is 0 Å². The van der Waals surface area contributed by atoms with E-state index >= 15 is 0 Å². The number of carbonyl (C=O) groups excluding carboxylic acids is 1. The first-order valence-corrected chi connectivity index (χ1v) is 9.48. The second-order valence-corrected chi connectivity index (χ2v) is 7.00. The topological polar surface area (TPSA) is 81.0 Å². The summed E-state index contributed by atoms with van der Waals surface area (Å²) in [7, 11) is 0. The first-order valence-electron chi connectivity index (χ1n) is 9.48. The lowest BCUT2D eigenvalue weighted by molar-refractivity contribution is -0.117. The van der Waals surface area contributed by atoms with Gasteiger partial charge in [0, 0.05) is 18.8 Å². The molecular formula is C23H22N4O2. The second-order valence-electron chi connectivity index (χ2n) is 7.00. The lowest BCUT2D eigenvalue weighted by Crippen LogP contribution is -2.32. The van der Waals surface area contributed by atoms with E-state index in [1.807, 2.05) is 36.4 Å². The molecule has 0 bridgehead atoms. The minimum Gasteiger partial charge on any atom is -0.325 e. The molecule has 4 rings (SSSR count). The lowest BCUT2D eigenvalue weighted by atomic mass is 10.1. The minimum atomic E-state index is -0.264. The van der Waals surface area contributed by atoms with Gasteiger partial charge < -0.3 is 15.3 Å². The number of anilines is 1. The normalized spacial score (nSPS) is 11.1. The van der Waals surface area contributed by atoms with Gasteiger partial charge in [-0.15, -0.1) is 0 Å². The quantitative estimate of drug-likeness (QED) is 0.455. The van der Waals surface area contributed by atoms with Crippen molar-refractivity contribution in [1.82, 2.24) is 14.9 Å². The van der Waals surface area contributed by atoms with Crippen molar-refractivity contribution in [2.24, 2.45) is 0 Å². The Balaban J connectivity index is 1.47. The molecule has 146 valence electrons. The van der Waals surface area contributed by atoms with Crippen LogP contribution in [0.5, 0.6) is 0 Å². The van der Waals surface area contributed by atoms with Crippen molar-refractivity contribution in [1.29, 1.82) is 0 Å². The third-order valence-electron chi connectivity index (χ3n) is 4.66. The summed E-state index contributed by atoms with van der Waals surface area (Å²) in [5.74, 6) is -0.103. The van der Waals surface area contributed by atoms with Gasteiger partial charge in [-0.1, -0.05) is 60.7 Å². The molecule has 6 nitrogen and oxygen atoms in total. The monoisotopic (exact) mass is 386 g/mol. The van der Waals surface area contributed by atoms with E-state index in [2.05, 4.69) is 44.5 Å². The Hall–Kier alpha value is -3.64. The van der Waals surface area contributed by atoms with Crippen LogP contribution in [0.4, 0.5) is 5.69 Å². The fourth-order valence-electron chi connectivity index (χ4n) is 3.36. The Bertz CT molecular complexity index is 1110. The zero-order chi connectivity index (χ0) is 20.1. The molecule has 0 radical (unpaired) electrons. The molecule has 0 aliphatic carbocycles. The number of imidazole rings is 1. The number of nitrogens with one attached hydrogen (secondary N) is 3. The number of hydrogen-bond acceptors (Lipinski definition) is 3. The Morgan fingerprint density at radius 3 is 2.00 bits per heavy atom. The molecule has 3 N–H and O–H groups in total. The largest absolute Gasteiger partial charge is 0.325 e. The molecule has 0 aliphatic heterocycles. The van der Waals surface area contributed by atoms with Crippen LogP contribution < -0.4 is 11.0 Å². The third-order valence-corrected chi connectivity index (χ3v) is 4.66. The summed E-state index contributed by atoms with van der Waals surface area (Å²) in [4.78, 5) is 31.6. The van der Waals surface area contributed by atoms with Crippen LogP contribution in [-0.2, 0) is 17.9 Å². The number of nitrogens with zero attached hydrogens (tertiary/aromatic N) is 1. The molecule has 1 amide bonds. The van der Waals surface area contributed by atoms with Crippen LogP contribution in [0.3, 0.4) is 0 Å². The van der Waals surface area contributed by atoms with E-state index < -0.39 is 0 Å². The predicted octanol–water partition coefficient (Wildman–Crippen LogP) is 3.50. The Morgan fingerprint density at radius 2 is 1.38 bits per heavy atom. The van der Waals surface area contributed by atoms with E-state index in [0.717, 1.165) is 11.1 Å². The van der Waals surface area contributed by atoms with Crippen LogP contribution in [0.1, 0.15) is 11.1 Å². The standard InChI is InChI=1S/C23H22N4O2/c28-22(24-19-11-12-20-21(13-19)26-23(29)25-20)16-27(14-17-7-3-1-4-8-17)15-18-9-5-2-6-10-18/h1-13H,14-16H2,(H,24,28)(H2,25,26,29). The van der Waals surface area contributed by atoms with Crippen LogP contribution in [0.25, 0.3) is 11.0 Å². The van der Waals surface area contributed by atoms with Crippen LogP contribution >= 0.6 is 0 Å². The number of aromatic nitrogens is 2. The highest BCUT2D eigenvalue weighted by molar-refractivity contribution is 5.94. The van der Waals surface area contributed by atoms with Crippen molar-refractivity contribution in [2.45, 2.75) is 13.1 Å². The molecule has 0 saturated carbocycles. The molecule has 1 aromatic heterocycles. The van der Waals surface area contributed by atoms with Gasteiger partial charge in [0.1, 0.15) is 0 Å². The Labute approximate surface area is 168 Å². The van der Waals surface area contributed by atoms with E-state index in [1.54, 1.807) is 18.2 Å². The second kappa shape index (κ2) is 8.58. The predicted molar refractivity (Wildman–Crippen MR) is 115 cm³/mol. The number of benzene rings is 3. The zero-order valence-electron chi connectivity index (χ0n) is 15.9. The summed E-state index contributed by atoms with van der Waals surface area (Å²) >= 11 is 0. The van der Waals surface area contributed by atoms with Gasteiger partial charge in [0.25, 0.3) is 0 Å². The molecule has 1 heterocycles. The number of aromatic amines is 2. The molecule has 0 unspecified atom stereocenters. The summed E-state index contributed by atoms with van der Waals surface area (Å²) in [6.07, 6.45) is 0. The highest BCUT2D eigenvalue weighted by Crippen LogP contribution is 2.15. The highest BCUT2D eigenvalue weighted by atomic mass is 16.2. The van der Waals surface area contributed by atoms with Crippen LogP contribution in [-0.4, -0.2) is 27.3 Å². The van der Waals surface area contributed by atoms with Crippen molar-refractivity contribution in [3.8, 4) is 0 Å². The summed E-state index contributed by atoms with van der Waals surface area (Å²) < 4.78 is 0. The summed E-state index contributed by atoms with van der Waals surface area (Å²) in [5.41, 5.74) is 4.07. The van der Waals surface area contributed by atoms with Crippen LogP contribution in [0.15, 0.2) is 83.7 Å². The average molecular weight is 386 g/mol. The molecular weight excluding hydrogens is 364 g/mol. The van der Waals surface area contributed by atoms with Crippen molar-refractivity contribution in [2.75, 3.05) is 11.9 Å². The number of rotatable bonds is 7. The average Bonchev–Trinajstić information content (AvgIpc) is 3.08. The van der Waals surface area contributed by atoms with Gasteiger partial charge in [-0.05, 0) is 29.3 Å². The van der Waals surface area contributed by atoms with Crippen molar-refractivity contribution in [3.63, 3.8) is 0 Å². The smallest absolute Gasteiger partial charge is 0.323 e. The molecule has 4 aromatic rings. The molecule has 3 aromatic carbocycles. The van der Waals surface area contributed by atoms with Gasteiger partial charge in [-0.3, -0.25) is 9.69 Å². The zero-order valence-corrected chi connectivity index (χ0v) is 15.9. The van der Waals surface area contributed by atoms with E-state index in [0.29, 0.717) is 29.8 Å². The minimum absolute atomic E-state index is 0.103. The molecule has 0 saturated heterocycles. The Morgan fingerprint density at radius 1 is 0.793 bits per heavy atom. The summed E-state index contributed by atoms with van der Waals surface area (Å²) in [6.45, 7) is 1.60. The first-order chi connectivity index (χ1) is 14.2. The number of fused-ring (bicyclic) bond motifs is 1. The van der Waals surface area contributed by atoms with E-state index in [9.17, 15) is 9.59 Å². The first kappa shape index (κ1) is 18.7. The SMILES string of the molecule is O=C(CN(Cc1ccccc1)Cc1ccccc1)Nc1ccc2[nH]c(=O)[nH]c2c1. The number of carbonyl (C=O) groups is 1. The highest BCUT2D eigenvalue weighted by Gasteiger charge is 2.13. The number of amides is 1. The summed E-state index contributed by atoms with van der Waals surface area (Å²) in [5, 5.41) is 2.93.